The minimum Gasteiger partial charge on any atom is -0.395 e. The van der Waals surface area contributed by atoms with Gasteiger partial charge in [-0.15, -0.1) is 0 Å². The minimum absolute atomic E-state index is 0.0195. The van der Waals surface area contributed by atoms with Gasteiger partial charge >= 0.3 is 0 Å². The van der Waals surface area contributed by atoms with Gasteiger partial charge in [0, 0.05) is 18.6 Å². The number of nitrogens with one attached hydrogen (secondary N) is 1. The molecule has 4 heteroatoms. The summed E-state index contributed by atoms with van der Waals surface area (Å²) >= 11 is 0. The number of benzene rings is 1. The molecule has 0 aromatic heterocycles. The smallest absolute Gasteiger partial charge is 0.229 e. The van der Waals surface area contributed by atoms with Crippen LogP contribution in [0.25, 0.3) is 0 Å². The van der Waals surface area contributed by atoms with Crippen LogP contribution in [0.3, 0.4) is 0 Å². The van der Waals surface area contributed by atoms with E-state index in [1.807, 2.05) is 24.3 Å². The second-order valence-electron chi connectivity index (χ2n) is 4.37. The van der Waals surface area contributed by atoms with E-state index in [-0.39, 0.29) is 18.4 Å². The van der Waals surface area contributed by atoms with Crippen LogP contribution >= 0.6 is 0 Å². The zero-order chi connectivity index (χ0) is 13.5. The van der Waals surface area contributed by atoms with Crippen molar-refractivity contribution in [2.24, 2.45) is 5.92 Å². The Morgan fingerprint density at radius 3 is 3.05 bits per heavy atom. The Morgan fingerprint density at radius 1 is 1.47 bits per heavy atom. The van der Waals surface area contributed by atoms with Gasteiger partial charge in [0.05, 0.1) is 24.8 Å². The van der Waals surface area contributed by atoms with Gasteiger partial charge in [0.15, 0.2) is 0 Å². The molecule has 1 saturated heterocycles. The number of aliphatic hydroxyl groups excluding tert-OH is 1. The van der Waals surface area contributed by atoms with Crippen molar-refractivity contribution in [1.82, 2.24) is 0 Å². The third-order valence-corrected chi connectivity index (χ3v) is 2.95. The Hall–Kier alpha value is -1.83. The molecule has 1 heterocycles. The topological polar surface area (TPSA) is 58.6 Å². The van der Waals surface area contributed by atoms with E-state index in [9.17, 15) is 4.79 Å². The second-order valence-corrected chi connectivity index (χ2v) is 4.37. The summed E-state index contributed by atoms with van der Waals surface area (Å²) in [7, 11) is 0. The Morgan fingerprint density at radius 2 is 2.32 bits per heavy atom. The number of hydrogen-bond donors (Lipinski definition) is 2. The fourth-order valence-corrected chi connectivity index (χ4v) is 1.89. The van der Waals surface area contributed by atoms with Crippen molar-refractivity contribution in [3.05, 3.63) is 29.8 Å². The molecule has 100 valence electrons. The third kappa shape index (κ3) is 3.82. The van der Waals surface area contributed by atoms with Gasteiger partial charge in [-0.1, -0.05) is 24.0 Å². The van der Waals surface area contributed by atoms with E-state index in [0.29, 0.717) is 25.3 Å². The average molecular weight is 259 g/mol. The SMILES string of the molecule is O=C(Nc1ccccc1C#CCCO)C1CCOC1. The maximum atomic E-state index is 12.0. The summed E-state index contributed by atoms with van der Waals surface area (Å²) < 4.78 is 5.21. The fourth-order valence-electron chi connectivity index (χ4n) is 1.89. The second kappa shape index (κ2) is 6.93. The van der Waals surface area contributed by atoms with Crippen molar-refractivity contribution in [1.29, 1.82) is 0 Å². The van der Waals surface area contributed by atoms with E-state index in [1.165, 1.54) is 0 Å². The molecule has 0 spiro atoms. The molecule has 2 rings (SSSR count). The number of rotatable bonds is 3. The van der Waals surface area contributed by atoms with Crippen LogP contribution in [-0.2, 0) is 9.53 Å². The van der Waals surface area contributed by atoms with Gasteiger partial charge < -0.3 is 15.2 Å². The van der Waals surface area contributed by atoms with E-state index >= 15 is 0 Å². The molecule has 1 unspecified atom stereocenters. The van der Waals surface area contributed by atoms with Crippen molar-refractivity contribution >= 4 is 11.6 Å². The molecule has 1 amide bonds. The van der Waals surface area contributed by atoms with Gasteiger partial charge in [-0.25, -0.2) is 0 Å². The van der Waals surface area contributed by atoms with Crippen molar-refractivity contribution in [3.8, 4) is 11.8 Å². The predicted octanol–water partition coefficient (Wildman–Crippen LogP) is 1.40. The maximum Gasteiger partial charge on any atom is 0.229 e. The van der Waals surface area contributed by atoms with Crippen molar-refractivity contribution < 1.29 is 14.6 Å². The lowest BCUT2D eigenvalue weighted by molar-refractivity contribution is -0.119. The molecule has 1 aromatic rings. The van der Waals surface area contributed by atoms with E-state index in [0.717, 1.165) is 12.0 Å². The highest BCUT2D eigenvalue weighted by Crippen LogP contribution is 2.18. The third-order valence-electron chi connectivity index (χ3n) is 2.95. The Kier molecular flexibility index (Phi) is 4.96. The molecule has 0 bridgehead atoms. The molecule has 2 N–H and O–H groups in total. The minimum atomic E-state index is -0.0709. The molecular weight excluding hydrogens is 242 g/mol. The first-order valence-electron chi connectivity index (χ1n) is 6.38. The van der Waals surface area contributed by atoms with Crippen LogP contribution in [0.1, 0.15) is 18.4 Å². The summed E-state index contributed by atoms with van der Waals surface area (Å²) in [5, 5.41) is 11.6. The normalized spacial score (nSPS) is 17.6. The van der Waals surface area contributed by atoms with Gasteiger partial charge in [0.2, 0.25) is 5.91 Å². The summed E-state index contributed by atoms with van der Waals surface area (Å²) in [6, 6.07) is 7.41. The zero-order valence-electron chi connectivity index (χ0n) is 10.7. The average Bonchev–Trinajstić information content (AvgIpc) is 2.95. The number of carbonyl (C=O) groups is 1. The lowest BCUT2D eigenvalue weighted by Gasteiger charge is -2.10. The monoisotopic (exact) mass is 259 g/mol. The number of ether oxygens (including phenoxy) is 1. The molecule has 1 atom stereocenters. The van der Waals surface area contributed by atoms with Gasteiger partial charge in [-0.05, 0) is 18.6 Å². The Labute approximate surface area is 112 Å². The summed E-state index contributed by atoms with van der Waals surface area (Å²) in [6.45, 7) is 1.18. The first-order valence-corrected chi connectivity index (χ1v) is 6.38. The molecule has 0 aliphatic carbocycles. The van der Waals surface area contributed by atoms with E-state index in [2.05, 4.69) is 17.2 Å². The van der Waals surface area contributed by atoms with Crippen LogP contribution in [0.5, 0.6) is 0 Å². The van der Waals surface area contributed by atoms with E-state index in [4.69, 9.17) is 9.84 Å². The first kappa shape index (κ1) is 13.6. The van der Waals surface area contributed by atoms with Crippen LogP contribution in [0.2, 0.25) is 0 Å². The van der Waals surface area contributed by atoms with Crippen LogP contribution in [0.15, 0.2) is 24.3 Å². The zero-order valence-corrected chi connectivity index (χ0v) is 10.7. The number of hydrogen-bond acceptors (Lipinski definition) is 3. The largest absolute Gasteiger partial charge is 0.395 e. The number of anilines is 1. The Balaban J connectivity index is 2.07. The highest BCUT2D eigenvalue weighted by Gasteiger charge is 2.23. The van der Waals surface area contributed by atoms with E-state index in [1.54, 1.807) is 0 Å². The lowest BCUT2D eigenvalue weighted by Crippen LogP contribution is -2.23. The maximum absolute atomic E-state index is 12.0. The van der Waals surface area contributed by atoms with Crippen molar-refractivity contribution in [3.63, 3.8) is 0 Å². The van der Waals surface area contributed by atoms with Crippen molar-refractivity contribution in [2.45, 2.75) is 12.8 Å². The molecule has 0 saturated carbocycles. The molecule has 1 aliphatic rings. The van der Waals surface area contributed by atoms with Gasteiger partial charge in [0.25, 0.3) is 0 Å². The summed E-state index contributed by atoms with van der Waals surface area (Å²) in [6.07, 6.45) is 1.20. The molecule has 19 heavy (non-hydrogen) atoms. The molecule has 1 aliphatic heterocycles. The lowest BCUT2D eigenvalue weighted by atomic mass is 10.1. The molecule has 1 aromatic carbocycles. The predicted molar refractivity (Wildman–Crippen MR) is 72.6 cm³/mol. The number of para-hydroxylation sites is 1. The van der Waals surface area contributed by atoms with Gasteiger partial charge in [-0.3, -0.25) is 4.79 Å². The summed E-state index contributed by atoms with van der Waals surface area (Å²) in [4.78, 5) is 12.0. The van der Waals surface area contributed by atoms with Gasteiger partial charge in [0.1, 0.15) is 0 Å². The first-order chi connectivity index (χ1) is 9.31. The van der Waals surface area contributed by atoms with Crippen LogP contribution in [-0.4, -0.2) is 30.8 Å². The van der Waals surface area contributed by atoms with Crippen molar-refractivity contribution in [2.75, 3.05) is 25.1 Å². The van der Waals surface area contributed by atoms with E-state index < -0.39 is 0 Å². The number of aliphatic hydroxyl groups is 1. The quantitative estimate of drug-likeness (QED) is 0.807. The summed E-state index contributed by atoms with van der Waals surface area (Å²) in [5.41, 5.74) is 1.48. The molecule has 1 fully saturated rings. The highest BCUT2D eigenvalue weighted by atomic mass is 16.5. The highest BCUT2D eigenvalue weighted by molar-refractivity contribution is 5.94. The molecular formula is C15H17NO3. The molecule has 0 radical (unpaired) electrons. The van der Waals surface area contributed by atoms with Crippen LogP contribution < -0.4 is 5.32 Å². The standard InChI is InChI=1S/C15H17NO3/c17-9-4-3-6-12-5-1-2-7-14(12)16-15(18)13-8-10-19-11-13/h1-2,5,7,13,17H,4,8-11H2,(H,16,18). The molecule has 4 nitrogen and oxygen atoms in total. The van der Waals surface area contributed by atoms with Crippen LogP contribution in [0, 0.1) is 17.8 Å². The number of amides is 1. The van der Waals surface area contributed by atoms with Gasteiger partial charge in [-0.2, -0.15) is 0 Å². The number of carbonyl (C=O) groups excluding carboxylic acids is 1. The fraction of sp³-hybridized carbons (Fsp3) is 0.400. The summed E-state index contributed by atoms with van der Waals surface area (Å²) in [5.74, 6) is 5.72. The Bertz CT molecular complexity index is 496. The van der Waals surface area contributed by atoms with Crippen LogP contribution in [0.4, 0.5) is 5.69 Å².